The lowest BCUT2D eigenvalue weighted by Gasteiger charge is -2.31. The number of anilines is 1. The maximum Gasteiger partial charge on any atom is 0.243 e. The van der Waals surface area contributed by atoms with Gasteiger partial charge in [-0.05, 0) is 68.5 Å². The number of benzene rings is 2. The van der Waals surface area contributed by atoms with Crippen LogP contribution in [0.3, 0.4) is 0 Å². The molecule has 2 rings (SSSR count). The molecule has 0 spiro atoms. The van der Waals surface area contributed by atoms with Gasteiger partial charge in [0.1, 0.15) is 11.8 Å². The number of aryl methyl sites for hydroxylation is 1. The zero-order valence-electron chi connectivity index (χ0n) is 22.9. The van der Waals surface area contributed by atoms with Gasteiger partial charge in [-0.2, -0.15) is 0 Å². The molecule has 0 saturated heterocycles. The third kappa shape index (κ3) is 9.07. The molecule has 2 aromatic rings. The fraction of sp³-hybridized carbons (Fsp3) is 0.500. The molecule has 1 atom stereocenters. The second-order valence-electron chi connectivity index (χ2n) is 9.42. The molecule has 0 radical (unpaired) electrons. The summed E-state index contributed by atoms with van der Waals surface area (Å²) in [6, 6.07) is 14.1. The first-order valence-corrected chi connectivity index (χ1v) is 14.6. The van der Waals surface area contributed by atoms with Gasteiger partial charge in [-0.1, -0.05) is 38.1 Å². The minimum atomic E-state index is -3.53. The second-order valence-corrected chi connectivity index (χ2v) is 11.3. The summed E-state index contributed by atoms with van der Waals surface area (Å²) in [4.78, 5) is 28.0. The molecule has 0 unspecified atom stereocenters. The highest BCUT2D eigenvalue weighted by Gasteiger charge is 2.29. The number of hydrogen-bond acceptors (Lipinski definition) is 5. The molecule has 0 fully saturated rings. The second kappa shape index (κ2) is 14.0. The molecule has 2 aromatic carbocycles. The van der Waals surface area contributed by atoms with Gasteiger partial charge < -0.3 is 15.0 Å². The predicted octanol–water partition coefficient (Wildman–Crippen LogP) is 4.14. The Kier molecular flexibility index (Phi) is 11.4. The number of methoxy groups -OCH3 is 1. The molecule has 37 heavy (non-hydrogen) atoms. The molecule has 9 heteroatoms. The predicted molar refractivity (Wildman–Crippen MR) is 148 cm³/mol. The van der Waals surface area contributed by atoms with Crippen molar-refractivity contribution in [2.75, 3.05) is 24.2 Å². The van der Waals surface area contributed by atoms with Crippen molar-refractivity contribution in [2.24, 2.45) is 0 Å². The quantitative estimate of drug-likeness (QED) is 0.395. The average molecular weight is 532 g/mol. The average Bonchev–Trinajstić information content (AvgIpc) is 2.85. The summed E-state index contributed by atoms with van der Waals surface area (Å²) in [5.41, 5.74) is 2.57. The standard InChI is InChI=1S/C28H41N3O5S/c1-7-22-11-15-24(16-12-22)31(37(6,34)35)19-9-10-27(32)30(26(8-2)28(33)29-21(3)4)20-23-13-17-25(36-5)18-14-23/h11-18,21,26H,7-10,19-20H2,1-6H3,(H,29,33)/t26-/m1/s1. The van der Waals surface area contributed by atoms with Gasteiger partial charge in [0, 0.05) is 25.6 Å². The smallest absolute Gasteiger partial charge is 0.243 e. The molecule has 0 aliphatic carbocycles. The van der Waals surface area contributed by atoms with Crippen molar-refractivity contribution in [2.45, 2.75) is 72.0 Å². The highest BCUT2D eigenvalue weighted by molar-refractivity contribution is 7.92. The number of carbonyl (C=O) groups excluding carboxylic acids is 2. The fourth-order valence-electron chi connectivity index (χ4n) is 4.13. The molecule has 0 aliphatic heterocycles. The van der Waals surface area contributed by atoms with Crippen LogP contribution in [0.5, 0.6) is 5.75 Å². The Morgan fingerprint density at radius 3 is 2.05 bits per heavy atom. The van der Waals surface area contributed by atoms with Crippen molar-refractivity contribution in [3.05, 3.63) is 59.7 Å². The summed E-state index contributed by atoms with van der Waals surface area (Å²) in [5, 5.41) is 2.92. The van der Waals surface area contributed by atoms with Crippen LogP contribution >= 0.6 is 0 Å². The van der Waals surface area contributed by atoms with Crippen molar-refractivity contribution in [3.63, 3.8) is 0 Å². The lowest BCUT2D eigenvalue weighted by atomic mass is 10.1. The van der Waals surface area contributed by atoms with Gasteiger partial charge in [-0.25, -0.2) is 8.42 Å². The highest BCUT2D eigenvalue weighted by atomic mass is 32.2. The van der Waals surface area contributed by atoms with E-state index in [2.05, 4.69) is 5.32 Å². The normalized spacial score (nSPS) is 12.2. The summed E-state index contributed by atoms with van der Waals surface area (Å²) >= 11 is 0. The highest BCUT2D eigenvalue weighted by Crippen LogP contribution is 2.21. The third-order valence-electron chi connectivity index (χ3n) is 6.11. The SMILES string of the molecule is CCc1ccc(N(CCCC(=O)N(Cc2ccc(OC)cc2)[C@H](CC)C(=O)NC(C)C)S(C)(=O)=O)cc1. The van der Waals surface area contributed by atoms with Crippen LogP contribution in [0.2, 0.25) is 0 Å². The maximum atomic E-state index is 13.5. The summed E-state index contributed by atoms with van der Waals surface area (Å²) in [6.45, 7) is 8.12. The lowest BCUT2D eigenvalue weighted by molar-refractivity contribution is -0.141. The van der Waals surface area contributed by atoms with E-state index in [0.717, 1.165) is 17.5 Å². The minimum Gasteiger partial charge on any atom is -0.497 e. The molecule has 0 aliphatic rings. The van der Waals surface area contributed by atoms with Gasteiger partial charge in [0.05, 0.1) is 19.1 Å². The van der Waals surface area contributed by atoms with Crippen molar-refractivity contribution in [1.29, 1.82) is 0 Å². The Bertz CT molecular complexity index is 1120. The number of amides is 2. The Morgan fingerprint density at radius 2 is 1.57 bits per heavy atom. The van der Waals surface area contributed by atoms with Gasteiger partial charge >= 0.3 is 0 Å². The van der Waals surface area contributed by atoms with Crippen LogP contribution in [0.4, 0.5) is 5.69 Å². The number of ether oxygens (including phenoxy) is 1. The fourth-order valence-corrected chi connectivity index (χ4v) is 5.10. The zero-order valence-corrected chi connectivity index (χ0v) is 23.7. The topological polar surface area (TPSA) is 96.0 Å². The molecule has 8 nitrogen and oxygen atoms in total. The summed E-state index contributed by atoms with van der Waals surface area (Å²) in [5.74, 6) is 0.309. The van der Waals surface area contributed by atoms with Gasteiger partial charge in [0.25, 0.3) is 0 Å². The lowest BCUT2D eigenvalue weighted by Crippen LogP contribution is -2.50. The van der Waals surface area contributed by atoms with E-state index in [9.17, 15) is 18.0 Å². The van der Waals surface area contributed by atoms with E-state index < -0.39 is 16.1 Å². The molecule has 204 valence electrons. The minimum absolute atomic E-state index is 0.0538. The van der Waals surface area contributed by atoms with Gasteiger partial charge in [-0.15, -0.1) is 0 Å². The van der Waals surface area contributed by atoms with Crippen LogP contribution < -0.4 is 14.4 Å². The van der Waals surface area contributed by atoms with Crippen LogP contribution in [0.15, 0.2) is 48.5 Å². The molecule has 0 aromatic heterocycles. The number of nitrogens with zero attached hydrogens (tertiary/aromatic N) is 2. The van der Waals surface area contributed by atoms with Crippen LogP contribution in [0.25, 0.3) is 0 Å². The Labute approximate surface area is 222 Å². The molecular formula is C28H41N3O5S. The van der Waals surface area contributed by atoms with Gasteiger partial charge in [0.2, 0.25) is 21.8 Å². The first-order valence-electron chi connectivity index (χ1n) is 12.8. The first-order chi connectivity index (χ1) is 17.5. The molecule has 2 amide bonds. The Hall–Kier alpha value is -3.07. The van der Waals surface area contributed by atoms with Gasteiger partial charge in [0.15, 0.2) is 0 Å². The third-order valence-corrected chi connectivity index (χ3v) is 7.31. The van der Waals surface area contributed by atoms with Crippen molar-refractivity contribution in [1.82, 2.24) is 10.2 Å². The van der Waals surface area contributed by atoms with Gasteiger partial charge in [-0.3, -0.25) is 13.9 Å². The number of sulfonamides is 1. The molecule has 0 bridgehead atoms. The maximum absolute atomic E-state index is 13.5. The van der Waals surface area contributed by atoms with E-state index in [1.54, 1.807) is 24.1 Å². The van der Waals surface area contributed by atoms with E-state index in [0.29, 0.717) is 24.3 Å². The Morgan fingerprint density at radius 1 is 0.973 bits per heavy atom. The first kappa shape index (κ1) is 30.2. The summed E-state index contributed by atoms with van der Waals surface area (Å²) in [6.07, 6.45) is 2.92. The van der Waals surface area contributed by atoms with Crippen molar-refractivity contribution >= 4 is 27.5 Å². The number of nitrogens with one attached hydrogen (secondary N) is 1. The van der Waals surface area contributed by atoms with E-state index in [4.69, 9.17) is 4.74 Å². The molecular weight excluding hydrogens is 490 g/mol. The molecule has 0 saturated carbocycles. The monoisotopic (exact) mass is 531 g/mol. The van der Waals surface area contributed by atoms with E-state index in [1.807, 2.05) is 64.1 Å². The largest absolute Gasteiger partial charge is 0.497 e. The van der Waals surface area contributed by atoms with Crippen molar-refractivity contribution in [3.8, 4) is 5.75 Å². The zero-order chi connectivity index (χ0) is 27.6. The van der Waals surface area contributed by atoms with Crippen LogP contribution in [-0.2, 0) is 32.6 Å². The number of hydrogen-bond donors (Lipinski definition) is 1. The molecule has 0 heterocycles. The van der Waals surface area contributed by atoms with Crippen LogP contribution in [0, 0.1) is 0 Å². The van der Waals surface area contributed by atoms with Crippen LogP contribution in [-0.4, -0.2) is 57.1 Å². The Balaban J connectivity index is 2.21. The summed E-state index contributed by atoms with van der Waals surface area (Å²) < 4.78 is 31.6. The van der Waals surface area contributed by atoms with Crippen molar-refractivity contribution < 1.29 is 22.7 Å². The van der Waals surface area contributed by atoms with Crippen LogP contribution in [0.1, 0.15) is 58.1 Å². The van der Waals surface area contributed by atoms with E-state index in [1.165, 1.54) is 10.6 Å². The van der Waals surface area contributed by atoms with E-state index >= 15 is 0 Å². The number of rotatable bonds is 14. The summed E-state index contributed by atoms with van der Waals surface area (Å²) in [7, 11) is -1.94. The number of carbonyl (C=O) groups is 2. The molecule has 1 N–H and O–H groups in total. The van der Waals surface area contributed by atoms with E-state index in [-0.39, 0.29) is 37.4 Å².